The molecule has 2 amide bonds. The van der Waals surface area contributed by atoms with Crippen LogP contribution in [0.1, 0.15) is 27.2 Å². The minimum absolute atomic E-state index is 0.0441. The lowest BCUT2D eigenvalue weighted by atomic mass is 9.96. The number of rotatable bonds is 1. The number of nitrogens with one attached hydrogen (secondary N) is 1. The van der Waals surface area contributed by atoms with Crippen LogP contribution < -0.4 is 5.32 Å². The summed E-state index contributed by atoms with van der Waals surface area (Å²) in [6.45, 7) is 7.69. The van der Waals surface area contributed by atoms with Crippen molar-refractivity contribution in [3.63, 3.8) is 0 Å². The Kier molecular flexibility index (Phi) is 1.71. The van der Waals surface area contributed by atoms with E-state index in [4.69, 9.17) is 0 Å². The van der Waals surface area contributed by atoms with Crippen molar-refractivity contribution in [2.24, 2.45) is 17.3 Å². The summed E-state index contributed by atoms with van der Waals surface area (Å²) in [5.41, 5.74) is -0.370. The first kappa shape index (κ1) is 10.3. The van der Waals surface area contributed by atoms with E-state index >= 15 is 0 Å². The van der Waals surface area contributed by atoms with Gasteiger partial charge in [0, 0.05) is 6.54 Å². The third-order valence-corrected chi connectivity index (χ3v) is 4.69. The first-order chi connectivity index (χ1) is 7.39. The Morgan fingerprint density at radius 3 is 2.19 bits per heavy atom. The molecule has 1 aliphatic carbocycles. The van der Waals surface area contributed by atoms with Crippen LogP contribution in [0.4, 0.5) is 0 Å². The zero-order valence-corrected chi connectivity index (χ0v) is 10.0. The molecule has 2 saturated heterocycles. The van der Waals surface area contributed by atoms with Crippen LogP contribution in [-0.4, -0.2) is 35.3 Å². The molecular weight excluding hydrogens is 204 g/mol. The summed E-state index contributed by atoms with van der Waals surface area (Å²) in [4.78, 5) is 26.0. The van der Waals surface area contributed by atoms with Gasteiger partial charge in [0.25, 0.3) is 0 Å². The van der Waals surface area contributed by atoms with Crippen LogP contribution in [0.2, 0.25) is 0 Å². The summed E-state index contributed by atoms with van der Waals surface area (Å²) in [6, 6.07) is 0. The van der Waals surface area contributed by atoms with Crippen LogP contribution in [-0.2, 0) is 9.59 Å². The number of likely N-dealkylation sites (tertiary alicyclic amines) is 1. The molecule has 16 heavy (non-hydrogen) atoms. The van der Waals surface area contributed by atoms with Crippen molar-refractivity contribution in [1.82, 2.24) is 10.2 Å². The van der Waals surface area contributed by atoms with E-state index in [1.54, 1.807) is 4.90 Å². The van der Waals surface area contributed by atoms with E-state index in [1.807, 2.05) is 20.8 Å². The van der Waals surface area contributed by atoms with Crippen LogP contribution in [0.3, 0.4) is 0 Å². The van der Waals surface area contributed by atoms with Crippen molar-refractivity contribution in [2.75, 3.05) is 13.1 Å². The second-order valence-corrected chi connectivity index (χ2v) is 6.21. The standard InChI is InChI=1S/C12H18N2O2/c1-11(2)7-8(11)10(16)14(9(7)15)12(3)4-5-13-6-12/h7-8,13H,4-6H2,1-3H3. The van der Waals surface area contributed by atoms with Crippen LogP contribution in [0.15, 0.2) is 0 Å². The number of amides is 2. The molecule has 2 aliphatic heterocycles. The Bertz CT molecular complexity index is 358. The number of carbonyl (C=O) groups excluding carboxylic acids is 2. The number of piperidine rings is 1. The van der Waals surface area contributed by atoms with Crippen molar-refractivity contribution in [1.29, 1.82) is 0 Å². The normalized spacial score (nSPS) is 45.1. The average Bonchev–Trinajstić information content (AvgIpc) is 2.49. The van der Waals surface area contributed by atoms with Gasteiger partial charge in [-0.2, -0.15) is 0 Å². The Morgan fingerprint density at radius 1 is 1.19 bits per heavy atom. The molecule has 3 rings (SSSR count). The van der Waals surface area contributed by atoms with E-state index in [0.29, 0.717) is 0 Å². The fourth-order valence-corrected chi connectivity index (χ4v) is 3.47. The molecule has 3 aliphatic rings. The maximum absolute atomic E-state index is 12.2. The summed E-state index contributed by atoms with van der Waals surface area (Å²) in [5, 5.41) is 3.24. The predicted molar refractivity (Wildman–Crippen MR) is 58.5 cm³/mol. The second kappa shape index (κ2) is 2.67. The molecule has 4 nitrogen and oxygen atoms in total. The number of hydrogen-bond acceptors (Lipinski definition) is 3. The van der Waals surface area contributed by atoms with Gasteiger partial charge in [0.1, 0.15) is 0 Å². The second-order valence-electron chi connectivity index (χ2n) is 6.21. The first-order valence-corrected chi connectivity index (χ1v) is 5.98. The number of fused-ring (bicyclic) bond motifs is 1. The van der Waals surface area contributed by atoms with Crippen LogP contribution in [0.5, 0.6) is 0 Å². The Hall–Kier alpha value is -0.900. The zero-order valence-electron chi connectivity index (χ0n) is 10.0. The number of nitrogens with zero attached hydrogens (tertiary/aromatic N) is 1. The smallest absolute Gasteiger partial charge is 0.234 e. The monoisotopic (exact) mass is 222 g/mol. The summed E-state index contributed by atoms with van der Waals surface area (Å²) in [6.07, 6.45) is 0.879. The Labute approximate surface area is 95.4 Å². The molecule has 1 saturated carbocycles. The molecule has 3 fully saturated rings. The van der Waals surface area contributed by atoms with E-state index in [2.05, 4.69) is 5.32 Å². The SMILES string of the molecule is CC1(C)C2C(=O)N(C3(C)CCNC3)C(=O)C21. The van der Waals surface area contributed by atoms with Gasteiger partial charge in [-0.3, -0.25) is 14.5 Å². The third-order valence-electron chi connectivity index (χ3n) is 4.69. The van der Waals surface area contributed by atoms with Gasteiger partial charge in [0.05, 0.1) is 17.4 Å². The van der Waals surface area contributed by atoms with Crippen molar-refractivity contribution in [3.8, 4) is 0 Å². The molecule has 0 bridgehead atoms. The van der Waals surface area contributed by atoms with E-state index in [-0.39, 0.29) is 34.6 Å². The highest BCUT2D eigenvalue weighted by molar-refractivity contribution is 6.11. The quantitative estimate of drug-likeness (QED) is 0.652. The fourth-order valence-electron chi connectivity index (χ4n) is 3.47. The van der Waals surface area contributed by atoms with Crippen LogP contribution in [0.25, 0.3) is 0 Å². The van der Waals surface area contributed by atoms with Gasteiger partial charge >= 0.3 is 0 Å². The number of hydrogen-bond donors (Lipinski definition) is 1. The zero-order chi connectivity index (χ0) is 11.7. The minimum atomic E-state index is -0.280. The van der Waals surface area contributed by atoms with E-state index in [0.717, 1.165) is 19.5 Å². The molecule has 4 heteroatoms. The third kappa shape index (κ3) is 0.986. The topological polar surface area (TPSA) is 49.4 Å². The van der Waals surface area contributed by atoms with E-state index < -0.39 is 0 Å². The van der Waals surface area contributed by atoms with E-state index in [9.17, 15) is 9.59 Å². The molecule has 88 valence electrons. The molecule has 1 N–H and O–H groups in total. The van der Waals surface area contributed by atoms with Gasteiger partial charge in [-0.25, -0.2) is 0 Å². The molecule has 0 aromatic carbocycles. The maximum Gasteiger partial charge on any atom is 0.234 e. The maximum atomic E-state index is 12.2. The van der Waals surface area contributed by atoms with Gasteiger partial charge in [-0.1, -0.05) is 13.8 Å². The van der Waals surface area contributed by atoms with Crippen LogP contribution >= 0.6 is 0 Å². The summed E-state index contributed by atoms with van der Waals surface area (Å²) in [7, 11) is 0. The van der Waals surface area contributed by atoms with Gasteiger partial charge in [-0.05, 0) is 25.3 Å². The Morgan fingerprint density at radius 2 is 1.75 bits per heavy atom. The largest absolute Gasteiger partial charge is 0.314 e. The molecule has 0 aromatic rings. The number of imide groups is 1. The van der Waals surface area contributed by atoms with Gasteiger partial charge in [-0.15, -0.1) is 0 Å². The number of carbonyl (C=O) groups is 2. The molecule has 0 spiro atoms. The predicted octanol–water partition coefficient (Wildman–Crippen LogP) is 0.379. The highest BCUT2D eigenvalue weighted by Gasteiger charge is 2.74. The van der Waals surface area contributed by atoms with Gasteiger partial charge < -0.3 is 5.32 Å². The molecule has 3 atom stereocenters. The molecule has 2 heterocycles. The van der Waals surface area contributed by atoms with Gasteiger partial charge in [0.15, 0.2) is 0 Å². The summed E-state index contributed by atoms with van der Waals surface area (Å²) in [5.74, 6) is 0.0345. The first-order valence-electron chi connectivity index (χ1n) is 5.98. The van der Waals surface area contributed by atoms with Crippen LogP contribution in [0, 0.1) is 17.3 Å². The molecule has 0 aromatic heterocycles. The Balaban J connectivity index is 1.91. The molecule has 0 radical (unpaired) electrons. The lowest BCUT2D eigenvalue weighted by Gasteiger charge is -2.35. The van der Waals surface area contributed by atoms with Crippen molar-refractivity contribution >= 4 is 11.8 Å². The fraction of sp³-hybridized carbons (Fsp3) is 0.833. The van der Waals surface area contributed by atoms with Crippen molar-refractivity contribution in [3.05, 3.63) is 0 Å². The van der Waals surface area contributed by atoms with Crippen molar-refractivity contribution < 1.29 is 9.59 Å². The summed E-state index contributed by atoms with van der Waals surface area (Å²) < 4.78 is 0. The minimum Gasteiger partial charge on any atom is -0.314 e. The lowest BCUT2D eigenvalue weighted by Crippen LogP contribution is -2.53. The highest BCUT2D eigenvalue weighted by atomic mass is 16.2. The highest BCUT2D eigenvalue weighted by Crippen LogP contribution is 2.64. The average molecular weight is 222 g/mol. The van der Waals surface area contributed by atoms with E-state index in [1.165, 1.54) is 0 Å². The lowest BCUT2D eigenvalue weighted by molar-refractivity contribution is -0.149. The molecule has 3 unspecified atom stereocenters. The summed E-state index contributed by atoms with van der Waals surface area (Å²) >= 11 is 0. The van der Waals surface area contributed by atoms with Crippen molar-refractivity contribution in [2.45, 2.75) is 32.7 Å². The molecular formula is C12H18N2O2. The van der Waals surface area contributed by atoms with Gasteiger partial charge in [0.2, 0.25) is 11.8 Å².